The van der Waals surface area contributed by atoms with Crippen LogP contribution in [0.3, 0.4) is 0 Å². The van der Waals surface area contributed by atoms with Gasteiger partial charge in [0.25, 0.3) is 5.91 Å². The molecule has 2 amide bonds. The molecule has 0 radical (unpaired) electrons. The van der Waals surface area contributed by atoms with E-state index in [1.54, 1.807) is 13.8 Å². The van der Waals surface area contributed by atoms with Crippen molar-refractivity contribution in [2.24, 2.45) is 5.92 Å². The lowest BCUT2D eigenvalue weighted by Crippen LogP contribution is -2.51. The highest BCUT2D eigenvalue weighted by molar-refractivity contribution is 6.02. The maximum Gasteiger partial charge on any atom is 0.326 e. The lowest BCUT2D eigenvalue weighted by molar-refractivity contribution is -0.143. The summed E-state index contributed by atoms with van der Waals surface area (Å²) in [5.41, 5.74) is 4.83. The van der Waals surface area contributed by atoms with Crippen molar-refractivity contribution in [3.05, 3.63) is 65.4 Å². The minimum Gasteiger partial charge on any atom is -0.480 e. The Morgan fingerprint density at radius 1 is 1.11 bits per heavy atom. The Bertz CT molecular complexity index is 1330. The Labute approximate surface area is 204 Å². The van der Waals surface area contributed by atoms with Crippen LogP contribution in [0.25, 0.3) is 10.9 Å². The summed E-state index contributed by atoms with van der Waals surface area (Å²) in [6.07, 6.45) is 0.601. The number of aliphatic carboxylic acids is 1. The van der Waals surface area contributed by atoms with E-state index in [0.29, 0.717) is 18.7 Å². The Hall–Kier alpha value is -3.81. The molecule has 0 saturated carbocycles. The highest BCUT2D eigenvalue weighted by Gasteiger charge is 2.42. The van der Waals surface area contributed by atoms with Crippen LogP contribution < -0.4 is 10.2 Å². The van der Waals surface area contributed by atoms with Crippen molar-refractivity contribution in [2.45, 2.75) is 45.4 Å². The number of carboxylic acid groups (broad SMARTS) is 1. The van der Waals surface area contributed by atoms with Gasteiger partial charge in [-0.25, -0.2) is 4.79 Å². The summed E-state index contributed by atoms with van der Waals surface area (Å²) in [7, 11) is 2.01. The molecule has 0 saturated heterocycles. The number of hydrogen-bond acceptors (Lipinski definition) is 4. The first-order valence-electron chi connectivity index (χ1n) is 12.0. The summed E-state index contributed by atoms with van der Waals surface area (Å²) >= 11 is 0. The number of carbonyl (C=O) groups is 3. The summed E-state index contributed by atoms with van der Waals surface area (Å²) in [5, 5.41) is 13.2. The summed E-state index contributed by atoms with van der Waals surface area (Å²) in [5.74, 6) is -1.53. The van der Waals surface area contributed by atoms with E-state index in [-0.39, 0.29) is 30.3 Å². The van der Waals surface area contributed by atoms with E-state index in [2.05, 4.69) is 20.9 Å². The van der Waals surface area contributed by atoms with Gasteiger partial charge < -0.3 is 24.8 Å². The largest absolute Gasteiger partial charge is 0.480 e. The third kappa shape index (κ3) is 3.73. The zero-order valence-electron chi connectivity index (χ0n) is 20.2. The molecular formula is C27H30N4O4. The van der Waals surface area contributed by atoms with Crippen molar-refractivity contribution in [1.29, 1.82) is 0 Å². The molecule has 2 N–H and O–H groups in total. The van der Waals surface area contributed by atoms with Crippen molar-refractivity contribution in [3.8, 4) is 0 Å². The molecule has 0 fully saturated rings. The molecule has 2 aliphatic heterocycles. The Balaban J connectivity index is 1.53. The van der Waals surface area contributed by atoms with Crippen LogP contribution in [-0.2, 0) is 22.6 Å². The van der Waals surface area contributed by atoms with Crippen LogP contribution in [-0.4, -0.2) is 52.0 Å². The van der Waals surface area contributed by atoms with Crippen LogP contribution in [0.1, 0.15) is 48.0 Å². The van der Waals surface area contributed by atoms with Gasteiger partial charge in [-0.3, -0.25) is 9.59 Å². The van der Waals surface area contributed by atoms with Crippen molar-refractivity contribution in [3.63, 3.8) is 0 Å². The highest BCUT2D eigenvalue weighted by Crippen LogP contribution is 2.44. The number of carbonyl (C=O) groups excluding carboxylic acids is 2. The fourth-order valence-electron chi connectivity index (χ4n) is 5.52. The summed E-state index contributed by atoms with van der Waals surface area (Å²) in [6.45, 7) is 4.56. The SMILES string of the molecule is CC(C)[C@H](NC(=O)CCn1c2c(c3ccccc31)CCN1C(=O)c3ccccc3N(C)C21)C(=O)O. The van der Waals surface area contributed by atoms with E-state index in [9.17, 15) is 19.5 Å². The number of fused-ring (bicyclic) bond motifs is 6. The van der Waals surface area contributed by atoms with E-state index in [1.165, 1.54) is 5.56 Å². The van der Waals surface area contributed by atoms with Crippen LogP contribution in [0.15, 0.2) is 48.5 Å². The second-order valence-corrected chi connectivity index (χ2v) is 9.66. The van der Waals surface area contributed by atoms with Crippen LogP contribution in [0.2, 0.25) is 0 Å². The molecule has 0 bridgehead atoms. The van der Waals surface area contributed by atoms with Crippen molar-refractivity contribution in [1.82, 2.24) is 14.8 Å². The minimum atomic E-state index is -1.03. The van der Waals surface area contributed by atoms with Gasteiger partial charge in [-0.1, -0.05) is 44.2 Å². The molecule has 2 aromatic carbocycles. The van der Waals surface area contributed by atoms with Crippen LogP contribution >= 0.6 is 0 Å². The number of aromatic nitrogens is 1. The van der Waals surface area contributed by atoms with Crippen molar-refractivity contribution < 1.29 is 19.5 Å². The summed E-state index contributed by atoms with van der Waals surface area (Å²) < 4.78 is 2.14. The second kappa shape index (κ2) is 8.76. The van der Waals surface area contributed by atoms with Gasteiger partial charge >= 0.3 is 5.97 Å². The molecule has 3 aromatic rings. The average Bonchev–Trinajstić information content (AvgIpc) is 3.17. The van der Waals surface area contributed by atoms with Gasteiger partial charge in [0.15, 0.2) is 0 Å². The second-order valence-electron chi connectivity index (χ2n) is 9.66. The fraction of sp³-hybridized carbons (Fsp3) is 0.370. The Morgan fingerprint density at radius 3 is 2.57 bits per heavy atom. The molecule has 1 unspecified atom stereocenters. The number of rotatable bonds is 6. The summed E-state index contributed by atoms with van der Waals surface area (Å²) in [4.78, 5) is 41.8. The number of carboxylic acids is 1. The van der Waals surface area contributed by atoms with Gasteiger partial charge in [0, 0.05) is 37.5 Å². The number of hydrogen-bond donors (Lipinski definition) is 2. The van der Waals surface area contributed by atoms with E-state index in [4.69, 9.17) is 0 Å². The zero-order chi connectivity index (χ0) is 24.9. The van der Waals surface area contributed by atoms with E-state index in [0.717, 1.165) is 28.7 Å². The molecule has 5 rings (SSSR count). The molecule has 182 valence electrons. The number of nitrogens with one attached hydrogen (secondary N) is 1. The normalized spacial score (nSPS) is 17.7. The number of benzene rings is 2. The first kappa shape index (κ1) is 23.0. The quantitative estimate of drug-likeness (QED) is 0.571. The van der Waals surface area contributed by atoms with E-state index in [1.807, 2.05) is 54.4 Å². The molecule has 8 heteroatoms. The molecular weight excluding hydrogens is 444 g/mol. The van der Waals surface area contributed by atoms with Crippen LogP contribution in [0.4, 0.5) is 5.69 Å². The maximum absolute atomic E-state index is 13.4. The van der Waals surface area contributed by atoms with E-state index < -0.39 is 12.0 Å². The predicted molar refractivity (Wildman–Crippen MR) is 133 cm³/mol. The van der Waals surface area contributed by atoms with Crippen LogP contribution in [0, 0.1) is 5.92 Å². The van der Waals surface area contributed by atoms with E-state index >= 15 is 0 Å². The fourth-order valence-corrected chi connectivity index (χ4v) is 5.52. The van der Waals surface area contributed by atoms with Crippen molar-refractivity contribution >= 4 is 34.4 Å². The van der Waals surface area contributed by atoms with Gasteiger partial charge in [0.2, 0.25) is 5.91 Å². The number of para-hydroxylation sites is 2. The first-order valence-corrected chi connectivity index (χ1v) is 12.0. The molecule has 35 heavy (non-hydrogen) atoms. The number of aryl methyl sites for hydroxylation is 1. The smallest absolute Gasteiger partial charge is 0.326 e. The monoisotopic (exact) mass is 474 g/mol. The van der Waals surface area contributed by atoms with Gasteiger partial charge in [0.05, 0.1) is 16.9 Å². The highest BCUT2D eigenvalue weighted by atomic mass is 16.4. The third-order valence-corrected chi connectivity index (χ3v) is 7.22. The topological polar surface area (TPSA) is 94.9 Å². The maximum atomic E-state index is 13.4. The molecule has 3 heterocycles. The molecule has 2 atom stereocenters. The average molecular weight is 475 g/mol. The molecule has 1 aromatic heterocycles. The standard InChI is InChI=1S/C27H30N4O4/c1-16(2)23(27(34)35)28-22(32)13-15-30-21-11-7-4-8-17(21)18-12-14-31-25(24(18)30)29(3)20-10-6-5-9-19(20)26(31)33/h4-11,16,23,25H,12-15H2,1-3H3,(H,28,32)(H,34,35)/t23-,25?/m0/s1. The number of anilines is 1. The lowest BCUT2D eigenvalue weighted by Gasteiger charge is -2.46. The number of amides is 2. The Morgan fingerprint density at radius 2 is 1.83 bits per heavy atom. The third-order valence-electron chi connectivity index (χ3n) is 7.22. The van der Waals surface area contributed by atoms with Crippen molar-refractivity contribution in [2.75, 3.05) is 18.5 Å². The first-order chi connectivity index (χ1) is 16.8. The Kier molecular flexibility index (Phi) is 5.75. The lowest BCUT2D eigenvalue weighted by atomic mass is 9.96. The minimum absolute atomic E-state index is 0.0186. The molecule has 8 nitrogen and oxygen atoms in total. The van der Waals surface area contributed by atoms with Gasteiger partial charge in [0.1, 0.15) is 12.2 Å². The van der Waals surface area contributed by atoms with Gasteiger partial charge in [-0.15, -0.1) is 0 Å². The zero-order valence-corrected chi connectivity index (χ0v) is 20.2. The molecule has 0 spiro atoms. The van der Waals surface area contributed by atoms with Crippen LogP contribution in [0.5, 0.6) is 0 Å². The summed E-state index contributed by atoms with van der Waals surface area (Å²) in [6, 6.07) is 14.9. The molecule has 2 aliphatic rings. The predicted octanol–water partition coefficient (Wildman–Crippen LogP) is 3.40. The van der Waals surface area contributed by atoms with Gasteiger partial charge in [-0.05, 0) is 36.1 Å². The van der Waals surface area contributed by atoms with Gasteiger partial charge in [-0.2, -0.15) is 0 Å². The number of nitrogens with zero attached hydrogens (tertiary/aromatic N) is 3. The molecule has 0 aliphatic carbocycles.